The second-order valence-corrected chi connectivity index (χ2v) is 10.1. The van der Waals surface area contributed by atoms with Gasteiger partial charge in [-0.25, -0.2) is 0 Å². The second-order valence-electron chi connectivity index (χ2n) is 8.46. The van der Waals surface area contributed by atoms with Crippen LogP contribution in [0.15, 0.2) is 6.07 Å². The van der Waals surface area contributed by atoms with Crippen LogP contribution in [-0.4, -0.2) is 31.8 Å². The molecule has 0 radical (unpaired) electrons. The van der Waals surface area contributed by atoms with Gasteiger partial charge in [0.2, 0.25) is 0 Å². The summed E-state index contributed by atoms with van der Waals surface area (Å²) in [5.41, 5.74) is 1.97. The summed E-state index contributed by atoms with van der Waals surface area (Å²) in [7, 11) is 1.90. The summed E-state index contributed by atoms with van der Waals surface area (Å²) in [6.45, 7) is 10.4. The smallest absolute Gasteiger partial charge is 0.154 e. The Kier molecular flexibility index (Phi) is 5.63. The summed E-state index contributed by atoms with van der Waals surface area (Å²) in [5, 5.41) is 4.55. The molecule has 1 aromatic rings. The summed E-state index contributed by atoms with van der Waals surface area (Å²) >= 11 is 1.69. The summed E-state index contributed by atoms with van der Waals surface area (Å²) in [6, 6.07) is 2.05. The molecule has 1 saturated carbocycles. The Labute approximate surface area is 149 Å². The van der Waals surface area contributed by atoms with E-state index in [0.717, 1.165) is 23.6 Å². The van der Waals surface area contributed by atoms with E-state index in [1.807, 2.05) is 31.6 Å². The van der Waals surface area contributed by atoms with Crippen LogP contribution in [0.1, 0.15) is 65.3 Å². The van der Waals surface area contributed by atoms with Gasteiger partial charge in [-0.05, 0) is 38.0 Å². The third-order valence-corrected chi connectivity index (χ3v) is 6.37. The zero-order valence-corrected chi connectivity index (χ0v) is 16.6. The number of ketones is 2. The van der Waals surface area contributed by atoms with Crippen molar-refractivity contribution in [2.24, 2.45) is 13.0 Å². The summed E-state index contributed by atoms with van der Waals surface area (Å²) in [6.07, 6.45) is 2.79. The number of carbonyl (C=O) groups excluding carboxylic acids is 2. The number of carbonyl (C=O) groups is 2. The Bertz CT molecular complexity index is 626. The van der Waals surface area contributed by atoms with Crippen LogP contribution in [0.3, 0.4) is 0 Å². The lowest BCUT2D eigenvalue weighted by molar-refractivity contribution is -0.120. The first-order valence-corrected chi connectivity index (χ1v) is 9.70. The van der Waals surface area contributed by atoms with Gasteiger partial charge in [-0.1, -0.05) is 20.8 Å². The Morgan fingerprint density at radius 1 is 1.33 bits per heavy atom. The van der Waals surface area contributed by atoms with Crippen molar-refractivity contribution in [2.75, 3.05) is 5.75 Å². The van der Waals surface area contributed by atoms with E-state index in [9.17, 15) is 9.59 Å². The fraction of sp³-hybridized carbons (Fsp3) is 0.737. The molecule has 0 spiro atoms. The molecule has 1 heterocycles. The third-order valence-electron chi connectivity index (χ3n) is 4.79. The van der Waals surface area contributed by atoms with Gasteiger partial charge in [0.1, 0.15) is 5.78 Å². The van der Waals surface area contributed by atoms with E-state index < -0.39 is 4.75 Å². The lowest BCUT2D eigenvalue weighted by Crippen LogP contribution is -2.31. The molecule has 1 aliphatic rings. The highest BCUT2D eigenvalue weighted by atomic mass is 32.2. The van der Waals surface area contributed by atoms with E-state index in [-0.39, 0.29) is 11.2 Å². The molecular formula is C19H30N2O2S. The quantitative estimate of drug-likeness (QED) is 0.785. The van der Waals surface area contributed by atoms with Crippen molar-refractivity contribution in [1.29, 1.82) is 0 Å². The topological polar surface area (TPSA) is 52.0 Å². The Balaban J connectivity index is 1.97. The van der Waals surface area contributed by atoms with E-state index in [0.29, 0.717) is 31.0 Å². The number of hydrogen-bond donors (Lipinski definition) is 0. The second kappa shape index (κ2) is 7.03. The normalized spacial score (nSPS) is 19.1. The van der Waals surface area contributed by atoms with Crippen molar-refractivity contribution in [3.8, 4) is 0 Å². The van der Waals surface area contributed by atoms with Gasteiger partial charge < -0.3 is 0 Å². The molecule has 2 rings (SSSR count). The fourth-order valence-corrected chi connectivity index (χ4v) is 4.03. The molecule has 1 atom stereocenters. The Morgan fingerprint density at radius 3 is 2.50 bits per heavy atom. The molecule has 0 aromatic carbocycles. The maximum absolute atomic E-state index is 12.8. The van der Waals surface area contributed by atoms with Gasteiger partial charge in [-0.2, -0.15) is 5.10 Å². The van der Waals surface area contributed by atoms with Gasteiger partial charge >= 0.3 is 0 Å². The minimum atomic E-state index is -0.433. The van der Waals surface area contributed by atoms with Crippen LogP contribution in [0.4, 0.5) is 0 Å². The van der Waals surface area contributed by atoms with E-state index in [4.69, 9.17) is 0 Å². The minimum Gasteiger partial charge on any atom is -0.300 e. The van der Waals surface area contributed by atoms with Crippen LogP contribution in [0.2, 0.25) is 0 Å². The molecule has 0 saturated heterocycles. The number of thioether (sulfide) groups is 1. The maximum Gasteiger partial charge on any atom is 0.154 e. The van der Waals surface area contributed by atoms with Crippen molar-refractivity contribution in [2.45, 2.75) is 70.5 Å². The van der Waals surface area contributed by atoms with E-state index in [1.54, 1.807) is 11.8 Å². The zero-order valence-electron chi connectivity index (χ0n) is 15.8. The van der Waals surface area contributed by atoms with Crippen molar-refractivity contribution < 1.29 is 9.59 Å². The molecule has 0 bridgehead atoms. The Morgan fingerprint density at radius 2 is 2.00 bits per heavy atom. The maximum atomic E-state index is 12.8. The van der Waals surface area contributed by atoms with Crippen LogP contribution in [0.25, 0.3) is 0 Å². The standard InChI is InChI=1S/C19H30N2O2S/c1-18(2,3)16-10-14(21(6)20-16)11-17(23)19(4,5)24-12-13-7-8-15(22)9-13/h10,13H,7-9,11-12H2,1-6H3/t13-/m1/s1. The van der Waals surface area contributed by atoms with E-state index >= 15 is 0 Å². The van der Waals surface area contributed by atoms with Gasteiger partial charge in [0.05, 0.1) is 10.4 Å². The first kappa shape index (κ1) is 19.2. The predicted molar refractivity (Wildman–Crippen MR) is 99.5 cm³/mol. The molecule has 24 heavy (non-hydrogen) atoms. The van der Waals surface area contributed by atoms with Crippen molar-refractivity contribution >= 4 is 23.3 Å². The van der Waals surface area contributed by atoms with Gasteiger partial charge in [-0.3, -0.25) is 14.3 Å². The van der Waals surface area contributed by atoms with E-state index in [2.05, 4.69) is 25.9 Å². The lowest BCUT2D eigenvalue weighted by Gasteiger charge is -2.24. The van der Waals surface area contributed by atoms with Crippen LogP contribution in [0, 0.1) is 5.92 Å². The van der Waals surface area contributed by atoms with E-state index in [1.165, 1.54) is 0 Å². The number of aromatic nitrogens is 2. The van der Waals surface area contributed by atoms with Crippen LogP contribution in [0.5, 0.6) is 0 Å². The number of hydrogen-bond acceptors (Lipinski definition) is 4. The molecule has 0 aliphatic heterocycles. The molecule has 0 unspecified atom stereocenters. The first-order valence-electron chi connectivity index (χ1n) is 8.71. The fourth-order valence-electron chi connectivity index (χ4n) is 2.86. The average molecular weight is 351 g/mol. The molecule has 1 aromatic heterocycles. The number of Topliss-reactive ketones (excluding diaryl/α,β-unsaturated/α-hetero) is 2. The van der Waals surface area contributed by atoms with Crippen LogP contribution >= 0.6 is 11.8 Å². The minimum absolute atomic E-state index is 0.0155. The van der Waals surface area contributed by atoms with Gasteiger partial charge in [0, 0.05) is 37.4 Å². The largest absolute Gasteiger partial charge is 0.300 e. The summed E-state index contributed by atoms with van der Waals surface area (Å²) in [4.78, 5) is 24.2. The molecule has 1 aliphatic carbocycles. The third kappa shape index (κ3) is 4.71. The molecule has 5 heteroatoms. The number of rotatable bonds is 6. The van der Waals surface area contributed by atoms with Gasteiger partial charge in [0.25, 0.3) is 0 Å². The zero-order chi connectivity index (χ0) is 18.1. The molecular weight excluding hydrogens is 320 g/mol. The van der Waals surface area contributed by atoms with Crippen molar-refractivity contribution in [3.05, 3.63) is 17.5 Å². The van der Waals surface area contributed by atoms with Gasteiger partial charge in [0.15, 0.2) is 5.78 Å². The van der Waals surface area contributed by atoms with Crippen LogP contribution < -0.4 is 0 Å². The van der Waals surface area contributed by atoms with Crippen molar-refractivity contribution in [3.63, 3.8) is 0 Å². The number of nitrogens with zero attached hydrogens (tertiary/aromatic N) is 2. The number of aryl methyl sites for hydroxylation is 1. The monoisotopic (exact) mass is 350 g/mol. The first-order chi connectivity index (χ1) is 11.0. The molecule has 134 valence electrons. The highest BCUT2D eigenvalue weighted by Crippen LogP contribution is 2.33. The molecule has 1 fully saturated rings. The average Bonchev–Trinajstić information content (AvgIpc) is 3.03. The summed E-state index contributed by atoms with van der Waals surface area (Å²) in [5.74, 6) is 1.93. The SMILES string of the molecule is Cn1nc(C(C)(C)C)cc1CC(=O)C(C)(C)SC[C@@H]1CCC(=O)C1. The molecule has 0 N–H and O–H groups in total. The van der Waals surface area contributed by atoms with Crippen LogP contribution in [-0.2, 0) is 28.5 Å². The lowest BCUT2D eigenvalue weighted by atomic mass is 9.92. The van der Waals surface area contributed by atoms with Gasteiger partial charge in [-0.15, -0.1) is 11.8 Å². The highest BCUT2D eigenvalue weighted by molar-refractivity contribution is 8.01. The van der Waals surface area contributed by atoms with Crippen molar-refractivity contribution in [1.82, 2.24) is 9.78 Å². The Hall–Kier alpha value is -1.10. The molecule has 0 amide bonds. The molecule has 4 nitrogen and oxygen atoms in total. The predicted octanol–water partition coefficient (Wildman–Crippen LogP) is 3.71. The summed E-state index contributed by atoms with van der Waals surface area (Å²) < 4.78 is 1.40. The highest BCUT2D eigenvalue weighted by Gasteiger charge is 2.32.